The summed E-state index contributed by atoms with van der Waals surface area (Å²) >= 11 is 0. The third-order valence-corrected chi connectivity index (χ3v) is 5.34. The highest BCUT2D eigenvalue weighted by atomic mass is 16.5. The zero-order chi connectivity index (χ0) is 17.5. The molecule has 0 aromatic carbocycles. The van der Waals surface area contributed by atoms with Gasteiger partial charge in [0.15, 0.2) is 0 Å². The van der Waals surface area contributed by atoms with Crippen LogP contribution in [0.3, 0.4) is 0 Å². The van der Waals surface area contributed by atoms with Crippen molar-refractivity contribution in [3.63, 3.8) is 0 Å². The van der Waals surface area contributed by atoms with Gasteiger partial charge in [0, 0.05) is 26.4 Å². The molecule has 6 nitrogen and oxygen atoms in total. The van der Waals surface area contributed by atoms with Crippen molar-refractivity contribution in [2.24, 2.45) is 0 Å². The number of amides is 1. The lowest BCUT2D eigenvalue weighted by atomic mass is 9.85. The molecule has 2 saturated heterocycles. The SMILES string of the molecule is COCCOCCN1CCCC12CCCN(Cc1ccccn1)C2=O. The Morgan fingerprint density at radius 1 is 1.16 bits per heavy atom. The van der Waals surface area contributed by atoms with Gasteiger partial charge < -0.3 is 14.4 Å². The molecule has 25 heavy (non-hydrogen) atoms. The predicted octanol–water partition coefficient (Wildman–Crippen LogP) is 1.70. The minimum absolute atomic E-state index is 0.277. The van der Waals surface area contributed by atoms with Crippen molar-refractivity contribution in [1.82, 2.24) is 14.8 Å². The lowest BCUT2D eigenvalue weighted by Gasteiger charge is -2.44. The van der Waals surface area contributed by atoms with E-state index in [1.165, 1.54) is 0 Å². The smallest absolute Gasteiger partial charge is 0.243 e. The van der Waals surface area contributed by atoms with Crippen LogP contribution < -0.4 is 0 Å². The molecule has 0 radical (unpaired) electrons. The van der Waals surface area contributed by atoms with Gasteiger partial charge in [-0.2, -0.15) is 0 Å². The molecule has 2 fully saturated rings. The zero-order valence-corrected chi connectivity index (χ0v) is 15.2. The van der Waals surface area contributed by atoms with E-state index < -0.39 is 0 Å². The maximum absolute atomic E-state index is 13.3. The van der Waals surface area contributed by atoms with Crippen molar-refractivity contribution in [1.29, 1.82) is 0 Å². The summed E-state index contributed by atoms with van der Waals surface area (Å²) in [6.45, 7) is 5.11. The van der Waals surface area contributed by atoms with Crippen molar-refractivity contribution in [2.75, 3.05) is 46.6 Å². The Labute approximate surface area is 150 Å². The largest absolute Gasteiger partial charge is 0.382 e. The van der Waals surface area contributed by atoms with Crippen LogP contribution in [0.1, 0.15) is 31.4 Å². The van der Waals surface area contributed by atoms with E-state index in [0.29, 0.717) is 26.4 Å². The van der Waals surface area contributed by atoms with Crippen LogP contribution in [0.5, 0.6) is 0 Å². The molecule has 2 aliphatic rings. The summed E-state index contributed by atoms with van der Waals surface area (Å²) in [5, 5.41) is 0. The third kappa shape index (κ3) is 4.19. The first-order valence-corrected chi connectivity index (χ1v) is 9.27. The summed E-state index contributed by atoms with van der Waals surface area (Å²) in [6, 6.07) is 5.88. The standard InChI is InChI=1S/C19H29N3O3/c1-24-14-15-25-13-12-22-11-5-8-19(22)7-4-10-21(18(19)23)16-17-6-2-3-9-20-17/h2-3,6,9H,4-5,7-8,10-16H2,1H3. The second-order valence-electron chi connectivity index (χ2n) is 6.88. The van der Waals surface area contributed by atoms with E-state index in [2.05, 4.69) is 9.88 Å². The molecule has 1 unspecified atom stereocenters. The van der Waals surface area contributed by atoms with E-state index in [-0.39, 0.29) is 11.4 Å². The van der Waals surface area contributed by atoms with Crippen molar-refractivity contribution >= 4 is 5.91 Å². The van der Waals surface area contributed by atoms with E-state index >= 15 is 0 Å². The molecule has 1 aromatic heterocycles. The van der Waals surface area contributed by atoms with Crippen molar-refractivity contribution < 1.29 is 14.3 Å². The predicted molar refractivity (Wildman–Crippen MR) is 95.1 cm³/mol. The molecule has 1 spiro atoms. The van der Waals surface area contributed by atoms with Crippen LogP contribution in [0.2, 0.25) is 0 Å². The van der Waals surface area contributed by atoms with E-state index in [1.54, 1.807) is 13.3 Å². The van der Waals surface area contributed by atoms with E-state index in [0.717, 1.165) is 51.0 Å². The van der Waals surface area contributed by atoms with Crippen molar-refractivity contribution in [3.05, 3.63) is 30.1 Å². The second kappa shape index (κ2) is 8.74. The lowest BCUT2D eigenvalue weighted by molar-refractivity contribution is -0.148. The molecule has 1 atom stereocenters. The normalized spacial score (nSPS) is 24.4. The Bertz CT molecular complexity index is 554. The minimum Gasteiger partial charge on any atom is -0.382 e. The Morgan fingerprint density at radius 3 is 2.76 bits per heavy atom. The van der Waals surface area contributed by atoms with Gasteiger partial charge in [0.1, 0.15) is 5.54 Å². The number of carbonyl (C=O) groups is 1. The number of ether oxygens (including phenoxy) is 2. The molecule has 2 aliphatic heterocycles. The molecule has 1 aromatic rings. The third-order valence-electron chi connectivity index (χ3n) is 5.34. The highest BCUT2D eigenvalue weighted by Gasteiger charge is 2.50. The van der Waals surface area contributed by atoms with E-state index in [4.69, 9.17) is 9.47 Å². The number of carbonyl (C=O) groups excluding carboxylic acids is 1. The Balaban J connectivity index is 1.61. The van der Waals surface area contributed by atoms with Gasteiger partial charge in [0.05, 0.1) is 32.1 Å². The molecular weight excluding hydrogens is 318 g/mol. The van der Waals surface area contributed by atoms with Gasteiger partial charge in [-0.15, -0.1) is 0 Å². The number of pyridine rings is 1. The Hall–Kier alpha value is -1.50. The first-order valence-electron chi connectivity index (χ1n) is 9.27. The fourth-order valence-corrected chi connectivity index (χ4v) is 4.11. The zero-order valence-electron chi connectivity index (χ0n) is 15.2. The fourth-order valence-electron chi connectivity index (χ4n) is 4.11. The van der Waals surface area contributed by atoms with Crippen LogP contribution in [0.15, 0.2) is 24.4 Å². The second-order valence-corrected chi connectivity index (χ2v) is 6.88. The van der Waals surface area contributed by atoms with E-state index in [9.17, 15) is 4.79 Å². The maximum Gasteiger partial charge on any atom is 0.243 e. The molecule has 1 amide bonds. The number of aromatic nitrogens is 1. The number of hydrogen-bond acceptors (Lipinski definition) is 5. The van der Waals surface area contributed by atoms with Gasteiger partial charge in [-0.05, 0) is 44.4 Å². The van der Waals surface area contributed by atoms with Crippen LogP contribution in [0.4, 0.5) is 0 Å². The van der Waals surface area contributed by atoms with Crippen LogP contribution in [-0.4, -0.2) is 72.8 Å². The summed E-state index contributed by atoms with van der Waals surface area (Å²) in [6.07, 6.45) is 5.85. The summed E-state index contributed by atoms with van der Waals surface area (Å²) in [5.74, 6) is 0.277. The quantitative estimate of drug-likeness (QED) is 0.670. The first kappa shape index (κ1) is 18.3. The van der Waals surface area contributed by atoms with Crippen LogP contribution >= 0.6 is 0 Å². The summed E-state index contributed by atoms with van der Waals surface area (Å²) in [4.78, 5) is 22.0. The number of hydrogen-bond donors (Lipinski definition) is 0. The number of methoxy groups -OCH3 is 1. The summed E-state index contributed by atoms with van der Waals surface area (Å²) in [5.41, 5.74) is 0.637. The topological polar surface area (TPSA) is 54.9 Å². The maximum atomic E-state index is 13.3. The van der Waals surface area contributed by atoms with Crippen molar-refractivity contribution in [3.8, 4) is 0 Å². The average molecular weight is 347 g/mol. The Kier molecular flexibility index (Phi) is 6.39. The molecule has 0 bridgehead atoms. The Morgan fingerprint density at radius 2 is 2.00 bits per heavy atom. The van der Waals surface area contributed by atoms with Crippen LogP contribution in [0, 0.1) is 0 Å². The average Bonchev–Trinajstić information content (AvgIpc) is 3.03. The number of rotatable bonds is 8. The lowest BCUT2D eigenvalue weighted by Crippen LogP contribution is -2.60. The number of likely N-dealkylation sites (tertiary alicyclic amines) is 2. The minimum atomic E-state index is -0.322. The van der Waals surface area contributed by atoms with Gasteiger partial charge in [-0.3, -0.25) is 14.7 Å². The van der Waals surface area contributed by atoms with Gasteiger partial charge in [0.2, 0.25) is 5.91 Å². The summed E-state index contributed by atoms with van der Waals surface area (Å²) < 4.78 is 10.6. The molecular formula is C19H29N3O3. The number of nitrogens with zero attached hydrogens (tertiary/aromatic N) is 3. The molecule has 3 heterocycles. The highest BCUT2D eigenvalue weighted by Crippen LogP contribution is 2.38. The van der Waals surface area contributed by atoms with Gasteiger partial charge in [-0.25, -0.2) is 0 Å². The summed E-state index contributed by atoms with van der Waals surface area (Å²) in [7, 11) is 1.68. The first-order chi connectivity index (χ1) is 12.3. The molecule has 0 saturated carbocycles. The monoisotopic (exact) mass is 347 g/mol. The molecule has 0 aliphatic carbocycles. The van der Waals surface area contributed by atoms with Crippen LogP contribution in [-0.2, 0) is 20.8 Å². The number of piperidine rings is 1. The fraction of sp³-hybridized carbons (Fsp3) is 0.684. The molecule has 3 rings (SSSR count). The molecule has 138 valence electrons. The van der Waals surface area contributed by atoms with Gasteiger partial charge >= 0.3 is 0 Å². The van der Waals surface area contributed by atoms with Crippen molar-refractivity contribution in [2.45, 2.75) is 37.8 Å². The van der Waals surface area contributed by atoms with Crippen LogP contribution in [0.25, 0.3) is 0 Å². The van der Waals surface area contributed by atoms with Gasteiger partial charge in [-0.1, -0.05) is 6.07 Å². The highest BCUT2D eigenvalue weighted by molar-refractivity contribution is 5.87. The molecule has 0 N–H and O–H groups in total. The molecule has 6 heteroatoms. The van der Waals surface area contributed by atoms with Gasteiger partial charge in [0.25, 0.3) is 0 Å². The van der Waals surface area contributed by atoms with E-state index in [1.807, 2.05) is 23.1 Å².